The average Bonchev–Trinajstić information content (AvgIpc) is 2.99. The number of benzene rings is 2. The van der Waals surface area contributed by atoms with Crippen molar-refractivity contribution in [2.75, 3.05) is 51.0 Å². The molecular weight excluding hydrogens is 656 g/mol. The van der Waals surface area contributed by atoms with Crippen molar-refractivity contribution < 1.29 is 38.4 Å². The van der Waals surface area contributed by atoms with E-state index in [0.717, 1.165) is 12.1 Å². The highest BCUT2D eigenvalue weighted by atomic mass is 35.5. The molecule has 0 radical (unpaired) electrons. The number of nitrogens with zero attached hydrogens (tertiary/aromatic N) is 2. The third kappa shape index (κ3) is 14.2. The average molecular weight is 697 g/mol. The number of anilines is 2. The van der Waals surface area contributed by atoms with Gasteiger partial charge in [-0.3, -0.25) is 29.8 Å². The largest absolute Gasteiger partial charge is 0.494 e. The zero-order valence-electron chi connectivity index (χ0n) is 27.1. The summed E-state index contributed by atoms with van der Waals surface area (Å²) in [6.45, 7) is 6.45. The van der Waals surface area contributed by atoms with Crippen LogP contribution >= 0.6 is 12.4 Å². The number of nitro benzene ring substituents is 2. The summed E-state index contributed by atoms with van der Waals surface area (Å²) in [6, 6.07) is 4.87. The minimum Gasteiger partial charge on any atom is -0.494 e. The molecule has 48 heavy (non-hydrogen) atoms. The number of nitrogens with two attached hydrogens (primary N) is 3. The van der Waals surface area contributed by atoms with Gasteiger partial charge in [-0.15, -0.1) is 12.4 Å². The standard InChI is InChI=1S/C17H24N4O6.C12H16N4O4.ClH/c1-17(2,3)27-16(23)20-8-6-5-7-19-14-12(21(24)25)9-11(15(18)22)10-13(14)26-4;1-20-10-7-8(12(14)17)6-9(16(18)19)11(10)15-5-3-2-4-13;/h5-6,9-10,19H,7-8H2,1-4H3,(H2,18,22)(H,20,23);2-3,6-7,15H,4-5,13H2,1H3,(H2,14,17);1H/b6-5+;3-2+;. The normalized spacial score (nSPS) is 10.6. The Morgan fingerprint density at radius 2 is 1.17 bits per heavy atom. The quantitative estimate of drug-likeness (QED) is 0.0887. The Morgan fingerprint density at radius 3 is 1.50 bits per heavy atom. The highest BCUT2D eigenvalue weighted by Gasteiger charge is 2.23. The van der Waals surface area contributed by atoms with Crippen LogP contribution < -0.4 is 42.6 Å². The van der Waals surface area contributed by atoms with E-state index in [1.807, 2.05) is 0 Å². The Kier molecular flexibility index (Phi) is 18.1. The molecule has 0 saturated heterocycles. The molecule has 0 spiro atoms. The maximum Gasteiger partial charge on any atom is 0.407 e. The minimum absolute atomic E-state index is 0. The van der Waals surface area contributed by atoms with Crippen LogP contribution in [0.1, 0.15) is 41.5 Å². The molecule has 0 saturated carbocycles. The summed E-state index contributed by atoms with van der Waals surface area (Å²) in [4.78, 5) is 55.0. The van der Waals surface area contributed by atoms with Crippen LogP contribution in [0.5, 0.6) is 11.5 Å². The van der Waals surface area contributed by atoms with Gasteiger partial charge in [-0.1, -0.05) is 24.3 Å². The van der Waals surface area contributed by atoms with E-state index in [9.17, 15) is 34.6 Å². The highest BCUT2D eigenvalue weighted by molar-refractivity contribution is 5.96. The molecule has 0 aliphatic heterocycles. The van der Waals surface area contributed by atoms with Gasteiger partial charge in [0.2, 0.25) is 11.8 Å². The van der Waals surface area contributed by atoms with Crippen molar-refractivity contribution in [2.45, 2.75) is 26.4 Å². The second kappa shape index (κ2) is 20.5. The Hall–Kier alpha value is -5.62. The van der Waals surface area contributed by atoms with Crippen LogP contribution in [-0.4, -0.2) is 73.8 Å². The molecule has 0 bridgehead atoms. The monoisotopic (exact) mass is 696 g/mol. The first kappa shape index (κ1) is 42.4. The Morgan fingerprint density at radius 1 is 0.771 bits per heavy atom. The second-order valence-electron chi connectivity index (χ2n) is 10.2. The van der Waals surface area contributed by atoms with Gasteiger partial charge < -0.3 is 47.4 Å². The van der Waals surface area contributed by atoms with E-state index in [-0.39, 0.29) is 70.9 Å². The number of hydrogen-bond acceptors (Lipinski definition) is 13. The van der Waals surface area contributed by atoms with E-state index >= 15 is 0 Å². The Balaban J connectivity index is 0.000000940. The Labute approximate surface area is 282 Å². The van der Waals surface area contributed by atoms with Crippen molar-refractivity contribution in [1.82, 2.24) is 5.32 Å². The molecule has 0 unspecified atom stereocenters. The molecule has 9 N–H and O–H groups in total. The summed E-state index contributed by atoms with van der Waals surface area (Å²) >= 11 is 0. The van der Waals surface area contributed by atoms with Crippen molar-refractivity contribution in [1.29, 1.82) is 0 Å². The first-order valence-corrected chi connectivity index (χ1v) is 13.8. The summed E-state index contributed by atoms with van der Waals surface area (Å²) in [7, 11) is 2.68. The van der Waals surface area contributed by atoms with E-state index in [1.54, 1.807) is 45.1 Å². The number of nitrogens with one attached hydrogen (secondary N) is 3. The number of nitro groups is 2. The number of methoxy groups -OCH3 is 2. The van der Waals surface area contributed by atoms with Gasteiger partial charge in [0.25, 0.3) is 11.4 Å². The van der Waals surface area contributed by atoms with Crippen LogP contribution in [0.25, 0.3) is 0 Å². The smallest absolute Gasteiger partial charge is 0.407 e. The maximum atomic E-state index is 11.5. The molecule has 3 amide bonds. The summed E-state index contributed by atoms with van der Waals surface area (Å²) in [6.07, 6.45) is 6.23. The maximum absolute atomic E-state index is 11.5. The van der Waals surface area contributed by atoms with Crippen molar-refractivity contribution in [3.05, 3.63) is 79.9 Å². The van der Waals surface area contributed by atoms with E-state index in [1.165, 1.54) is 26.4 Å². The first-order chi connectivity index (χ1) is 22.1. The third-order valence-electron chi connectivity index (χ3n) is 5.59. The lowest BCUT2D eigenvalue weighted by Crippen LogP contribution is -2.32. The van der Waals surface area contributed by atoms with E-state index in [0.29, 0.717) is 13.1 Å². The molecule has 2 aromatic carbocycles. The topological polar surface area (TPSA) is 279 Å². The fraction of sp³-hybridized carbons (Fsp3) is 0.345. The fourth-order valence-corrected chi connectivity index (χ4v) is 3.58. The molecule has 0 aliphatic rings. The van der Waals surface area contributed by atoms with Gasteiger partial charge in [0.05, 0.1) is 24.1 Å². The number of rotatable bonds is 15. The van der Waals surface area contributed by atoms with Crippen molar-refractivity contribution >= 4 is 53.1 Å². The minimum atomic E-state index is -0.795. The number of primary amides is 2. The fourth-order valence-electron chi connectivity index (χ4n) is 3.58. The van der Waals surface area contributed by atoms with Crippen LogP contribution in [0.15, 0.2) is 48.6 Å². The van der Waals surface area contributed by atoms with Gasteiger partial charge in [0.1, 0.15) is 17.1 Å². The van der Waals surface area contributed by atoms with Gasteiger partial charge >= 0.3 is 6.09 Å². The third-order valence-corrected chi connectivity index (χ3v) is 5.59. The molecular formula is C29H41ClN8O10. The van der Waals surface area contributed by atoms with Crippen molar-refractivity contribution in [2.24, 2.45) is 17.2 Å². The zero-order chi connectivity index (χ0) is 35.7. The molecule has 18 nitrogen and oxygen atoms in total. The van der Waals surface area contributed by atoms with E-state index < -0.39 is 33.4 Å². The zero-order valence-corrected chi connectivity index (χ0v) is 27.9. The van der Waals surface area contributed by atoms with Crippen molar-refractivity contribution in [3.8, 4) is 11.5 Å². The number of carbonyl (C=O) groups is 3. The summed E-state index contributed by atoms with van der Waals surface area (Å²) in [5, 5.41) is 30.6. The number of alkyl carbamates (subject to hydrolysis) is 1. The lowest BCUT2D eigenvalue weighted by molar-refractivity contribution is -0.384. The van der Waals surface area contributed by atoms with Crippen LogP contribution in [0, 0.1) is 20.2 Å². The predicted molar refractivity (Wildman–Crippen MR) is 182 cm³/mol. The molecule has 0 aromatic heterocycles. The molecule has 19 heteroatoms. The molecule has 264 valence electrons. The molecule has 0 aliphatic carbocycles. The SMILES string of the molecule is COc1cc(C(N)=O)cc([N+](=O)[O-])c1NC/C=C/CN.COc1cc(C(N)=O)cc([N+](=O)[O-])c1NC/C=C/CNC(=O)OC(C)(C)C.Cl. The van der Waals surface area contributed by atoms with Gasteiger partial charge in [-0.2, -0.15) is 0 Å². The number of amides is 3. The molecule has 2 rings (SSSR count). The molecule has 0 heterocycles. The summed E-state index contributed by atoms with van der Waals surface area (Å²) < 4.78 is 15.3. The summed E-state index contributed by atoms with van der Waals surface area (Å²) in [5.41, 5.74) is 14.7. The number of hydrogen-bond donors (Lipinski definition) is 6. The van der Waals surface area contributed by atoms with Gasteiger partial charge in [-0.25, -0.2) is 4.79 Å². The van der Waals surface area contributed by atoms with E-state index in [4.69, 9.17) is 31.4 Å². The van der Waals surface area contributed by atoms with Gasteiger partial charge in [-0.05, 0) is 32.9 Å². The molecule has 0 fully saturated rings. The van der Waals surface area contributed by atoms with Gasteiger partial charge in [0.15, 0.2) is 11.4 Å². The summed E-state index contributed by atoms with van der Waals surface area (Å²) in [5.74, 6) is -1.26. The Bertz CT molecular complexity index is 1510. The lowest BCUT2D eigenvalue weighted by atomic mass is 10.1. The van der Waals surface area contributed by atoms with Crippen LogP contribution in [0.2, 0.25) is 0 Å². The van der Waals surface area contributed by atoms with Crippen molar-refractivity contribution in [3.63, 3.8) is 0 Å². The number of ether oxygens (including phenoxy) is 3. The first-order valence-electron chi connectivity index (χ1n) is 13.8. The predicted octanol–water partition coefficient (Wildman–Crippen LogP) is 3.25. The van der Waals surface area contributed by atoms with Crippen LogP contribution in [0.4, 0.5) is 27.5 Å². The lowest BCUT2D eigenvalue weighted by Gasteiger charge is -2.19. The second-order valence-corrected chi connectivity index (χ2v) is 10.2. The molecule has 2 aromatic rings. The highest BCUT2D eigenvalue weighted by Crippen LogP contribution is 2.36. The molecule has 0 atom stereocenters. The number of halogens is 1. The van der Waals surface area contributed by atoms with E-state index in [2.05, 4.69) is 16.0 Å². The van der Waals surface area contributed by atoms with Crippen LogP contribution in [0.3, 0.4) is 0 Å². The number of carbonyl (C=O) groups excluding carboxylic acids is 3. The van der Waals surface area contributed by atoms with Crippen LogP contribution in [-0.2, 0) is 4.74 Å². The van der Waals surface area contributed by atoms with Gasteiger partial charge in [0, 0.05) is 49.4 Å².